The molecule has 2 aliphatic heterocycles. The van der Waals surface area contributed by atoms with Crippen LogP contribution in [0.5, 0.6) is 0 Å². The zero-order valence-electron chi connectivity index (χ0n) is 27.1. The Bertz CT molecular complexity index is 1550. The highest BCUT2D eigenvalue weighted by atomic mass is 32.5. The molecule has 0 aliphatic carbocycles. The fraction of sp³-hybridized carbons (Fsp3) is 0.516. The maximum absolute atomic E-state index is 14.3. The average Bonchev–Trinajstić information content (AvgIpc) is 3.66. The number of hydrogen-bond donors (Lipinski definition) is 1. The van der Waals surface area contributed by atoms with Crippen molar-refractivity contribution in [3.8, 4) is 6.19 Å². The van der Waals surface area contributed by atoms with Gasteiger partial charge in [-0.1, -0.05) is 25.5 Å². The van der Waals surface area contributed by atoms with Crippen LogP contribution in [0.4, 0.5) is 29.9 Å². The number of carbonyl (C=O) groups is 3. The van der Waals surface area contributed by atoms with E-state index in [4.69, 9.17) is 9.47 Å². The molecule has 1 aromatic heterocycles. The van der Waals surface area contributed by atoms with Gasteiger partial charge in [-0.15, -0.1) is 0 Å². The number of nitrogens with one attached hydrogen (secondary N) is 1. The van der Waals surface area contributed by atoms with Gasteiger partial charge in [-0.05, 0) is 70.4 Å². The van der Waals surface area contributed by atoms with E-state index in [0.29, 0.717) is 25.1 Å². The molecule has 2 fully saturated rings. The molecule has 1 N–H and O–H groups in total. The zero-order chi connectivity index (χ0) is 35.7. The number of aromatic nitrogens is 1. The number of benzene rings is 1. The number of amides is 3. The normalized spacial score (nSPS) is 22.6. The number of ether oxygens (including phenoxy) is 2. The van der Waals surface area contributed by atoms with E-state index in [1.165, 1.54) is 36.5 Å². The molecule has 17 heteroatoms. The topological polar surface area (TPSA) is 128 Å². The number of methoxy groups -OCH3 is 1. The van der Waals surface area contributed by atoms with Crippen molar-refractivity contribution in [2.75, 3.05) is 31.6 Å². The van der Waals surface area contributed by atoms with Gasteiger partial charge in [-0.25, -0.2) is 4.79 Å². The van der Waals surface area contributed by atoms with E-state index in [-0.39, 0.29) is 48.8 Å². The monoisotopic (exact) mass is 702 g/mol. The number of pyridine rings is 1. The number of halogens is 5. The fourth-order valence-electron chi connectivity index (χ4n) is 5.81. The molecule has 3 amide bonds. The van der Waals surface area contributed by atoms with E-state index in [1.807, 2.05) is 6.19 Å². The molecule has 48 heavy (non-hydrogen) atoms. The van der Waals surface area contributed by atoms with Crippen LogP contribution in [0.1, 0.15) is 52.1 Å². The molecule has 2 aliphatic rings. The van der Waals surface area contributed by atoms with Crippen LogP contribution in [-0.4, -0.2) is 83.2 Å². The quantitative estimate of drug-likeness (QED) is 0.244. The van der Waals surface area contributed by atoms with E-state index < -0.39 is 62.9 Å². The molecule has 0 spiro atoms. The first-order valence-corrected chi connectivity index (χ1v) is 17.1. The highest BCUT2D eigenvalue weighted by Crippen LogP contribution is 3.02. The first-order chi connectivity index (χ1) is 22.1. The smallest absolute Gasteiger partial charge is 0.410 e. The number of nitrogens with zero attached hydrogens (tertiary/aromatic N) is 5. The Labute approximate surface area is 275 Å². The summed E-state index contributed by atoms with van der Waals surface area (Å²) >= 11 is 0. The Balaban J connectivity index is 1.72. The molecule has 1 aromatic carbocycles. The largest absolute Gasteiger partial charge is 0.444 e. The minimum absolute atomic E-state index is 0.0172. The summed E-state index contributed by atoms with van der Waals surface area (Å²) in [5.41, 5.74) is -0.835. The van der Waals surface area contributed by atoms with Crippen molar-refractivity contribution in [1.29, 1.82) is 5.26 Å². The number of anilines is 1. The van der Waals surface area contributed by atoms with Crippen LogP contribution in [0.15, 0.2) is 53.7 Å². The van der Waals surface area contributed by atoms with Gasteiger partial charge in [0.15, 0.2) is 6.19 Å². The Morgan fingerprint density at radius 3 is 2.31 bits per heavy atom. The van der Waals surface area contributed by atoms with Gasteiger partial charge in [-0.2, -0.15) is 5.26 Å². The second-order valence-electron chi connectivity index (χ2n) is 13.0. The lowest BCUT2D eigenvalue weighted by Crippen LogP contribution is -2.52. The highest BCUT2D eigenvalue weighted by molar-refractivity contribution is 8.45. The molecule has 0 saturated carbocycles. The second kappa shape index (κ2) is 12.7. The van der Waals surface area contributed by atoms with Gasteiger partial charge in [0.05, 0.1) is 12.6 Å². The maximum Gasteiger partial charge on any atom is 0.410 e. The van der Waals surface area contributed by atoms with Crippen LogP contribution in [0.2, 0.25) is 0 Å². The van der Waals surface area contributed by atoms with Crippen molar-refractivity contribution in [2.24, 2.45) is 5.92 Å². The molecular formula is C31H39F5N6O5S. The van der Waals surface area contributed by atoms with E-state index in [9.17, 15) is 39.1 Å². The molecule has 264 valence electrons. The number of hydrogen-bond acceptors (Lipinski definition) is 8. The van der Waals surface area contributed by atoms with E-state index in [0.717, 1.165) is 9.80 Å². The molecule has 0 bridgehead atoms. The molecule has 2 saturated heterocycles. The van der Waals surface area contributed by atoms with Crippen molar-refractivity contribution < 1.29 is 43.3 Å². The number of nitriles is 1. The van der Waals surface area contributed by atoms with Crippen molar-refractivity contribution in [3.63, 3.8) is 0 Å². The van der Waals surface area contributed by atoms with Crippen molar-refractivity contribution in [2.45, 2.75) is 75.3 Å². The summed E-state index contributed by atoms with van der Waals surface area (Å²) in [6.07, 6.45) is 4.12. The van der Waals surface area contributed by atoms with Gasteiger partial charge in [0, 0.05) is 56.3 Å². The van der Waals surface area contributed by atoms with Gasteiger partial charge < -0.3 is 19.7 Å². The summed E-state index contributed by atoms with van der Waals surface area (Å²) in [5, 5.41) is 12.7. The van der Waals surface area contributed by atoms with E-state index in [1.54, 1.807) is 27.7 Å². The highest BCUT2D eigenvalue weighted by Gasteiger charge is 2.65. The lowest BCUT2D eigenvalue weighted by atomic mass is 9.98. The Hall–Kier alpha value is -4.17. The number of likely N-dealkylation sites (tertiary alicyclic amines) is 2. The third kappa shape index (κ3) is 8.64. The van der Waals surface area contributed by atoms with Crippen LogP contribution in [0.25, 0.3) is 0 Å². The number of rotatable bonds is 9. The lowest BCUT2D eigenvalue weighted by Gasteiger charge is -2.41. The maximum atomic E-state index is 14.3. The summed E-state index contributed by atoms with van der Waals surface area (Å²) in [6, 6.07) is 1.40. The molecule has 5 atom stereocenters. The molecule has 4 rings (SSSR count). The Morgan fingerprint density at radius 2 is 1.77 bits per heavy atom. The molecule has 3 heterocycles. The Morgan fingerprint density at radius 1 is 1.10 bits per heavy atom. The lowest BCUT2D eigenvalue weighted by molar-refractivity contribution is -0.128. The zero-order valence-corrected chi connectivity index (χ0v) is 27.9. The van der Waals surface area contributed by atoms with Crippen LogP contribution >= 0.6 is 10.2 Å². The SMILES string of the molecule is CO[C@@H]1C[C@H](C(=O)N(c2ccc(S(F)(F)(F)(F)F)cc2)[C@@H](C(=O)NC(C)C2CCN(C(=O)OC(C)(C)C)C2)c2cccnc2)N(C#N)C1. The van der Waals surface area contributed by atoms with Crippen LogP contribution in [0, 0.1) is 17.4 Å². The van der Waals surface area contributed by atoms with Crippen molar-refractivity contribution in [1.82, 2.24) is 20.1 Å². The summed E-state index contributed by atoms with van der Waals surface area (Å²) in [7, 11) is -8.68. The minimum Gasteiger partial charge on any atom is -0.444 e. The predicted octanol–water partition coefficient (Wildman–Crippen LogP) is 6.15. The summed E-state index contributed by atoms with van der Waals surface area (Å²) < 4.78 is 78.9. The first kappa shape index (κ1) is 36.7. The van der Waals surface area contributed by atoms with E-state index >= 15 is 0 Å². The fourth-order valence-corrected chi connectivity index (χ4v) is 6.46. The van der Waals surface area contributed by atoms with Crippen LogP contribution in [0.3, 0.4) is 0 Å². The number of carbonyl (C=O) groups excluding carboxylic acids is 3. The van der Waals surface area contributed by atoms with Crippen LogP contribution < -0.4 is 10.2 Å². The third-order valence-electron chi connectivity index (χ3n) is 8.27. The summed E-state index contributed by atoms with van der Waals surface area (Å²) in [4.78, 5) is 46.6. The molecular weight excluding hydrogens is 663 g/mol. The standard InChI is InChI=1S/C31H39F5N6O5S/c1-20(22-12-14-40(17-22)30(45)47-31(2,3)4)39-28(43)27(21-7-6-13-38-16-21)42(29(44)26-15-24(46-5)18-41(26)19-37)23-8-10-25(11-9-23)48(32,33,34,35)36/h6-11,13,16,20,22,24,26-27H,12,14-15,17-18H2,1-5H3,(H,39,43)/t20?,22?,24-,26-,27-/m1/s1. The molecule has 2 aromatic rings. The Kier molecular flexibility index (Phi) is 9.70. The third-order valence-corrected chi connectivity index (χ3v) is 9.43. The van der Waals surface area contributed by atoms with Gasteiger partial charge in [-0.3, -0.25) is 24.4 Å². The van der Waals surface area contributed by atoms with Crippen LogP contribution in [-0.2, 0) is 19.1 Å². The van der Waals surface area contributed by atoms with Crippen molar-refractivity contribution >= 4 is 33.8 Å². The van der Waals surface area contributed by atoms with E-state index in [2.05, 4.69) is 10.3 Å². The van der Waals surface area contributed by atoms with Gasteiger partial charge in [0.2, 0.25) is 5.91 Å². The van der Waals surface area contributed by atoms with Gasteiger partial charge in [0.1, 0.15) is 22.6 Å². The van der Waals surface area contributed by atoms with Crippen molar-refractivity contribution in [3.05, 3.63) is 54.4 Å². The summed E-state index contributed by atoms with van der Waals surface area (Å²) in [6.45, 7) is 7.63. The minimum atomic E-state index is -10.1. The molecule has 2 unspecified atom stereocenters. The molecule has 11 nitrogen and oxygen atoms in total. The predicted molar refractivity (Wildman–Crippen MR) is 167 cm³/mol. The molecule has 0 radical (unpaired) electrons. The average molecular weight is 703 g/mol. The first-order valence-electron chi connectivity index (χ1n) is 15.2. The van der Waals surface area contributed by atoms with Gasteiger partial charge in [0.25, 0.3) is 5.91 Å². The summed E-state index contributed by atoms with van der Waals surface area (Å²) in [5.74, 6) is -1.81. The second-order valence-corrected chi connectivity index (χ2v) is 15.4. The van der Waals surface area contributed by atoms with Gasteiger partial charge >= 0.3 is 16.3 Å².